The van der Waals surface area contributed by atoms with Crippen molar-refractivity contribution in [3.63, 3.8) is 0 Å². The van der Waals surface area contributed by atoms with E-state index < -0.39 is 17.7 Å². The number of carbonyl (C=O) groups excluding carboxylic acids is 2. The third-order valence-corrected chi connectivity index (χ3v) is 6.42. The molecule has 178 valence electrons. The van der Waals surface area contributed by atoms with Crippen LogP contribution in [0.3, 0.4) is 0 Å². The van der Waals surface area contributed by atoms with Crippen LogP contribution in [0.15, 0.2) is 72.3 Å². The predicted octanol–water partition coefficient (Wildman–Crippen LogP) is 4.35. The minimum atomic E-state index is -0.867. The van der Waals surface area contributed by atoms with Crippen molar-refractivity contribution in [2.24, 2.45) is 0 Å². The highest BCUT2D eigenvalue weighted by Gasteiger charge is 2.46. The summed E-state index contributed by atoms with van der Waals surface area (Å²) in [7, 11) is 1.42. The molecule has 1 saturated heterocycles. The van der Waals surface area contributed by atoms with E-state index in [1.165, 1.54) is 18.1 Å². The molecule has 5 rings (SSSR count). The van der Waals surface area contributed by atoms with Gasteiger partial charge in [0.05, 0.1) is 18.7 Å². The molecule has 2 aliphatic heterocycles. The number of likely N-dealkylation sites (tertiary alicyclic amines) is 1. The lowest BCUT2D eigenvalue weighted by Gasteiger charge is -2.26. The standard InChI is InChI=1S/C28H25NO6/c1-16-12-20-13-19(9-11-22(20)35-16)26(31)24-25(18-8-10-21(30)23(14-18)34-2)29(28(33)27(24)32)15-17-6-4-3-5-7-17/h3-11,13-14,16,25,30-31H,12,15H2,1-2H3. The molecule has 0 radical (unpaired) electrons. The van der Waals surface area contributed by atoms with Crippen LogP contribution in [-0.4, -0.2) is 40.0 Å². The second kappa shape index (κ2) is 8.83. The summed E-state index contributed by atoms with van der Waals surface area (Å²) in [5.74, 6) is -0.830. The first-order valence-corrected chi connectivity index (χ1v) is 11.4. The Hall–Kier alpha value is -4.26. The Morgan fingerprint density at radius 3 is 2.60 bits per heavy atom. The van der Waals surface area contributed by atoms with E-state index in [9.17, 15) is 19.8 Å². The molecule has 3 aromatic rings. The number of benzene rings is 3. The summed E-state index contributed by atoms with van der Waals surface area (Å²) in [4.78, 5) is 28.0. The van der Waals surface area contributed by atoms with Crippen molar-refractivity contribution in [1.82, 2.24) is 4.90 Å². The van der Waals surface area contributed by atoms with E-state index in [1.807, 2.05) is 37.3 Å². The Bertz CT molecular complexity index is 1350. The smallest absolute Gasteiger partial charge is 0.295 e. The van der Waals surface area contributed by atoms with Crippen molar-refractivity contribution in [2.45, 2.75) is 32.0 Å². The van der Waals surface area contributed by atoms with Crippen LogP contribution in [0, 0.1) is 0 Å². The number of fused-ring (bicyclic) bond motifs is 1. The minimum absolute atomic E-state index is 0.00872. The Morgan fingerprint density at radius 1 is 1.09 bits per heavy atom. The fraction of sp³-hybridized carbons (Fsp3) is 0.214. The SMILES string of the molecule is COc1cc(C2C(=C(O)c3ccc4c(c3)CC(C)O4)C(=O)C(=O)N2Cc2ccccc2)ccc1O. The van der Waals surface area contributed by atoms with Gasteiger partial charge >= 0.3 is 0 Å². The summed E-state index contributed by atoms with van der Waals surface area (Å²) in [6.45, 7) is 2.14. The van der Waals surface area contributed by atoms with Gasteiger partial charge in [0, 0.05) is 18.5 Å². The molecule has 2 unspecified atom stereocenters. The Morgan fingerprint density at radius 2 is 1.86 bits per heavy atom. The number of nitrogens with zero attached hydrogens (tertiary/aromatic N) is 1. The average molecular weight is 472 g/mol. The summed E-state index contributed by atoms with van der Waals surface area (Å²) in [6, 6.07) is 18.4. The van der Waals surface area contributed by atoms with Gasteiger partial charge in [-0.3, -0.25) is 9.59 Å². The van der Waals surface area contributed by atoms with Gasteiger partial charge in [-0.15, -0.1) is 0 Å². The maximum atomic E-state index is 13.3. The fourth-order valence-electron chi connectivity index (χ4n) is 4.76. The number of ketones is 1. The molecule has 2 aliphatic rings. The molecule has 1 fully saturated rings. The van der Waals surface area contributed by atoms with Crippen LogP contribution in [0.4, 0.5) is 0 Å². The molecular formula is C28H25NO6. The second-order valence-electron chi connectivity index (χ2n) is 8.80. The Balaban J connectivity index is 1.65. The molecule has 0 spiro atoms. The predicted molar refractivity (Wildman–Crippen MR) is 129 cm³/mol. The number of hydrogen-bond donors (Lipinski definition) is 2. The number of ether oxygens (including phenoxy) is 2. The average Bonchev–Trinajstić information content (AvgIpc) is 3.35. The zero-order chi connectivity index (χ0) is 24.7. The lowest BCUT2D eigenvalue weighted by Crippen LogP contribution is -2.29. The third kappa shape index (κ3) is 3.99. The lowest BCUT2D eigenvalue weighted by molar-refractivity contribution is -0.140. The van der Waals surface area contributed by atoms with Crippen molar-refractivity contribution in [2.75, 3.05) is 7.11 Å². The zero-order valence-corrected chi connectivity index (χ0v) is 19.4. The maximum Gasteiger partial charge on any atom is 0.295 e. The van der Waals surface area contributed by atoms with E-state index in [2.05, 4.69) is 0 Å². The first kappa shape index (κ1) is 22.5. The highest BCUT2D eigenvalue weighted by atomic mass is 16.5. The molecule has 0 bridgehead atoms. The highest BCUT2D eigenvalue weighted by Crippen LogP contribution is 2.43. The molecule has 2 heterocycles. The number of aliphatic hydroxyl groups excluding tert-OH is 1. The fourth-order valence-corrected chi connectivity index (χ4v) is 4.76. The molecule has 35 heavy (non-hydrogen) atoms. The van der Waals surface area contributed by atoms with Crippen LogP contribution in [0.5, 0.6) is 17.2 Å². The van der Waals surface area contributed by atoms with Crippen molar-refractivity contribution in [1.29, 1.82) is 0 Å². The first-order valence-electron chi connectivity index (χ1n) is 11.4. The van der Waals surface area contributed by atoms with Gasteiger partial charge in [0.2, 0.25) is 0 Å². The number of Topliss-reactive ketones (excluding diaryl/α,β-unsaturated/α-hetero) is 1. The zero-order valence-electron chi connectivity index (χ0n) is 19.4. The molecule has 0 aliphatic carbocycles. The normalized spacial score (nSPS) is 20.6. The number of hydrogen-bond acceptors (Lipinski definition) is 6. The van der Waals surface area contributed by atoms with Crippen LogP contribution in [0.25, 0.3) is 5.76 Å². The first-order chi connectivity index (χ1) is 16.9. The van der Waals surface area contributed by atoms with Gasteiger partial charge in [0.1, 0.15) is 17.6 Å². The van der Waals surface area contributed by atoms with Crippen LogP contribution >= 0.6 is 0 Å². The molecule has 2 atom stereocenters. The van der Waals surface area contributed by atoms with E-state index in [4.69, 9.17) is 9.47 Å². The number of aromatic hydroxyl groups is 1. The molecular weight excluding hydrogens is 446 g/mol. The number of carbonyl (C=O) groups is 2. The van der Waals surface area contributed by atoms with Crippen LogP contribution in [0.2, 0.25) is 0 Å². The highest BCUT2D eigenvalue weighted by molar-refractivity contribution is 6.46. The summed E-state index contributed by atoms with van der Waals surface area (Å²) < 4.78 is 11.0. The van der Waals surface area contributed by atoms with Crippen molar-refractivity contribution < 1.29 is 29.3 Å². The quantitative estimate of drug-likeness (QED) is 0.326. The number of phenolic OH excluding ortho intramolecular Hbond substituents is 1. The van der Waals surface area contributed by atoms with E-state index in [0.29, 0.717) is 17.5 Å². The summed E-state index contributed by atoms with van der Waals surface area (Å²) in [6.07, 6.45) is 0.723. The van der Waals surface area contributed by atoms with Crippen LogP contribution in [-0.2, 0) is 22.6 Å². The molecule has 7 heteroatoms. The van der Waals surface area contributed by atoms with Crippen molar-refractivity contribution in [3.8, 4) is 17.2 Å². The largest absolute Gasteiger partial charge is 0.507 e. The Labute approximate surface area is 202 Å². The molecule has 0 aromatic heterocycles. The topological polar surface area (TPSA) is 96.3 Å². The molecule has 3 aromatic carbocycles. The summed E-state index contributed by atoms with van der Waals surface area (Å²) in [5, 5.41) is 21.5. The van der Waals surface area contributed by atoms with Gasteiger partial charge in [0.15, 0.2) is 11.5 Å². The van der Waals surface area contributed by atoms with Crippen molar-refractivity contribution in [3.05, 3.63) is 94.6 Å². The number of aliphatic hydroxyl groups is 1. The van der Waals surface area contributed by atoms with Gasteiger partial charge in [-0.2, -0.15) is 0 Å². The van der Waals surface area contributed by atoms with E-state index >= 15 is 0 Å². The monoisotopic (exact) mass is 471 g/mol. The second-order valence-corrected chi connectivity index (χ2v) is 8.80. The van der Waals surface area contributed by atoms with Crippen LogP contribution in [0.1, 0.15) is 35.2 Å². The minimum Gasteiger partial charge on any atom is -0.507 e. The third-order valence-electron chi connectivity index (χ3n) is 6.42. The Kier molecular flexibility index (Phi) is 5.68. The van der Waals surface area contributed by atoms with Crippen molar-refractivity contribution >= 4 is 17.4 Å². The molecule has 0 saturated carbocycles. The van der Waals surface area contributed by atoms with Gasteiger partial charge in [-0.25, -0.2) is 0 Å². The lowest BCUT2D eigenvalue weighted by atomic mass is 9.94. The van der Waals surface area contributed by atoms with Gasteiger partial charge < -0.3 is 24.6 Å². The van der Waals surface area contributed by atoms with E-state index in [-0.39, 0.29) is 35.5 Å². The van der Waals surface area contributed by atoms with E-state index in [0.717, 1.165) is 16.9 Å². The molecule has 2 N–H and O–H groups in total. The van der Waals surface area contributed by atoms with Gasteiger partial charge in [-0.05, 0) is 53.9 Å². The number of methoxy groups -OCH3 is 1. The van der Waals surface area contributed by atoms with E-state index in [1.54, 1.807) is 30.3 Å². The molecule has 7 nitrogen and oxygen atoms in total. The number of phenols is 1. The van der Waals surface area contributed by atoms with Gasteiger partial charge in [0.25, 0.3) is 11.7 Å². The summed E-state index contributed by atoms with van der Waals surface area (Å²) >= 11 is 0. The number of rotatable bonds is 5. The molecule has 1 amide bonds. The van der Waals surface area contributed by atoms with Crippen LogP contribution < -0.4 is 9.47 Å². The van der Waals surface area contributed by atoms with Gasteiger partial charge in [-0.1, -0.05) is 36.4 Å². The number of amides is 1. The maximum absolute atomic E-state index is 13.3. The summed E-state index contributed by atoms with van der Waals surface area (Å²) in [5.41, 5.74) is 2.74.